The largest absolute Gasteiger partial charge is 0.542 e. The fourth-order valence-corrected chi connectivity index (χ4v) is 1.52. The summed E-state index contributed by atoms with van der Waals surface area (Å²) >= 11 is 3.35. The molecule has 1 heterocycles. The van der Waals surface area contributed by atoms with E-state index < -0.39 is 0 Å². The molecule has 0 aliphatic carbocycles. The Balaban J connectivity index is 2.78. The summed E-state index contributed by atoms with van der Waals surface area (Å²) in [7, 11) is 0.275. The number of hydrogen-bond donors (Lipinski definition) is 0. The highest BCUT2D eigenvalue weighted by molar-refractivity contribution is 9.10. The van der Waals surface area contributed by atoms with Crippen LogP contribution in [0.15, 0.2) is 16.7 Å². The van der Waals surface area contributed by atoms with Crippen LogP contribution in [0.2, 0.25) is 0 Å². The van der Waals surface area contributed by atoms with Gasteiger partial charge >= 0.3 is 0 Å². The van der Waals surface area contributed by atoms with Crippen molar-refractivity contribution in [2.45, 2.75) is 13.5 Å². The second kappa shape index (κ2) is 4.52. The van der Waals surface area contributed by atoms with Crippen molar-refractivity contribution in [1.82, 2.24) is 4.98 Å². The number of aryl methyl sites for hydroxylation is 1. The minimum atomic E-state index is 0.275. The van der Waals surface area contributed by atoms with Crippen LogP contribution in [-0.2, 0) is 11.0 Å². The van der Waals surface area contributed by atoms with Gasteiger partial charge in [0.25, 0.3) is 9.38 Å². The molecule has 1 aromatic rings. The molecule has 4 heteroatoms. The molecule has 0 amide bonds. The van der Waals surface area contributed by atoms with E-state index in [4.69, 9.17) is 4.43 Å². The maximum atomic E-state index is 5.18. The minimum Gasteiger partial charge on any atom is -0.542 e. The zero-order valence-corrected chi connectivity index (χ0v) is 9.39. The topological polar surface area (TPSA) is 22.1 Å². The van der Waals surface area contributed by atoms with E-state index in [0.717, 1.165) is 15.7 Å². The van der Waals surface area contributed by atoms with Gasteiger partial charge in [-0.05, 0) is 34.5 Å². The van der Waals surface area contributed by atoms with Crippen LogP contribution in [0.25, 0.3) is 0 Å². The molecule has 63 valence electrons. The van der Waals surface area contributed by atoms with E-state index in [9.17, 15) is 0 Å². The van der Waals surface area contributed by atoms with Gasteiger partial charge in [0, 0.05) is 10.7 Å². The van der Waals surface area contributed by atoms with Crippen LogP contribution in [-0.4, -0.2) is 20.5 Å². The van der Waals surface area contributed by atoms with E-state index in [1.54, 1.807) is 6.20 Å². The lowest BCUT2D eigenvalue weighted by Crippen LogP contribution is -1.97. The number of pyridine rings is 1. The van der Waals surface area contributed by atoms with Crippen molar-refractivity contribution in [1.29, 1.82) is 0 Å². The van der Waals surface area contributed by atoms with Crippen molar-refractivity contribution in [2.24, 2.45) is 0 Å². The third kappa shape index (κ3) is 2.53. The Morgan fingerprint density at radius 2 is 2.50 bits per heavy atom. The summed E-state index contributed by atoms with van der Waals surface area (Å²) in [5.41, 5.74) is 2.12. The molecule has 0 aliphatic heterocycles. The standard InChI is InChI=1S/C8H9BrNOSi/c1-6-3-7(9)4-10-8(6)5-11-12-2/h3-4H,2,5H2,1H3. The summed E-state index contributed by atoms with van der Waals surface area (Å²) in [5, 5.41) is 0. The SMILES string of the molecule is C=[Si]OCc1ncc(Br)cc1C. The summed E-state index contributed by atoms with van der Waals surface area (Å²) in [5.74, 6) is 0. The molecular formula is C8H9BrNOSi. The Morgan fingerprint density at radius 3 is 3.08 bits per heavy atom. The number of rotatable bonds is 3. The monoisotopic (exact) mass is 242 g/mol. The first-order chi connectivity index (χ1) is 5.74. The smallest absolute Gasteiger partial charge is 0.273 e. The zero-order valence-electron chi connectivity index (χ0n) is 6.80. The number of aromatic nitrogens is 1. The van der Waals surface area contributed by atoms with Crippen molar-refractivity contribution < 1.29 is 4.43 Å². The van der Waals surface area contributed by atoms with E-state index in [0.29, 0.717) is 6.61 Å². The molecule has 0 bridgehead atoms. The van der Waals surface area contributed by atoms with Crippen molar-refractivity contribution in [3.8, 4) is 0 Å². The second-order valence-corrected chi connectivity index (χ2v) is 3.84. The summed E-state index contributed by atoms with van der Waals surface area (Å²) in [6, 6.07) is 2.03. The van der Waals surface area contributed by atoms with Gasteiger partial charge < -0.3 is 4.43 Å². The quantitative estimate of drug-likeness (QED) is 0.754. The predicted octanol–water partition coefficient (Wildman–Crippen LogP) is 1.72. The van der Waals surface area contributed by atoms with Crippen LogP contribution in [0.5, 0.6) is 0 Å². The molecule has 0 N–H and O–H groups in total. The lowest BCUT2D eigenvalue weighted by atomic mass is 10.2. The Morgan fingerprint density at radius 1 is 1.75 bits per heavy atom. The van der Waals surface area contributed by atoms with Crippen LogP contribution in [0, 0.1) is 6.92 Å². The lowest BCUT2D eigenvalue weighted by Gasteiger charge is -2.04. The molecule has 12 heavy (non-hydrogen) atoms. The van der Waals surface area contributed by atoms with Gasteiger partial charge in [-0.1, -0.05) is 6.17 Å². The average molecular weight is 243 g/mol. The van der Waals surface area contributed by atoms with Crippen LogP contribution in [0.3, 0.4) is 0 Å². The van der Waals surface area contributed by atoms with Crippen LogP contribution in [0.4, 0.5) is 0 Å². The molecule has 1 radical (unpaired) electrons. The van der Waals surface area contributed by atoms with E-state index in [2.05, 4.69) is 27.1 Å². The zero-order chi connectivity index (χ0) is 8.97. The molecule has 2 nitrogen and oxygen atoms in total. The third-order valence-electron chi connectivity index (χ3n) is 1.46. The number of hydrogen-bond acceptors (Lipinski definition) is 2. The lowest BCUT2D eigenvalue weighted by molar-refractivity contribution is 0.329. The van der Waals surface area contributed by atoms with Gasteiger partial charge in [0.1, 0.15) is 6.61 Å². The average Bonchev–Trinajstić information content (AvgIpc) is 2.03. The van der Waals surface area contributed by atoms with Crippen molar-refractivity contribution in [3.05, 3.63) is 28.0 Å². The summed E-state index contributed by atoms with van der Waals surface area (Å²) in [6.45, 7) is 2.57. The van der Waals surface area contributed by atoms with Crippen LogP contribution >= 0.6 is 15.9 Å². The minimum absolute atomic E-state index is 0.275. The van der Waals surface area contributed by atoms with E-state index in [1.165, 1.54) is 0 Å². The first kappa shape index (κ1) is 9.60. The van der Waals surface area contributed by atoms with Crippen LogP contribution < -0.4 is 0 Å². The Labute approximate surface area is 82.7 Å². The van der Waals surface area contributed by atoms with Crippen molar-refractivity contribution >= 4 is 31.5 Å². The van der Waals surface area contributed by atoms with Crippen molar-refractivity contribution in [2.75, 3.05) is 0 Å². The molecular weight excluding hydrogens is 234 g/mol. The molecule has 0 aromatic carbocycles. The summed E-state index contributed by atoms with van der Waals surface area (Å²) < 4.78 is 6.18. The third-order valence-corrected chi connectivity index (χ3v) is 2.25. The highest BCUT2D eigenvalue weighted by Gasteiger charge is 1.99. The molecule has 0 unspecified atom stereocenters. The van der Waals surface area contributed by atoms with Crippen LogP contribution in [0.1, 0.15) is 11.3 Å². The fourth-order valence-electron chi connectivity index (χ4n) is 0.839. The highest BCUT2D eigenvalue weighted by Crippen LogP contribution is 2.13. The van der Waals surface area contributed by atoms with E-state index in [-0.39, 0.29) is 9.38 Å². The Hall–Kier alpha value is -0.483. The van der Waals surface area contributed by atoms with Gasteiger partial charge in [-0.15, -0.1) is 0 Å². The van der Waals surface area contributed by atoms with Gasteiger partial charge in [-0.3, -0.25) is 4.98 Å². The summed E-state index contributed by atoms with van der Waals surface area (Å²) in [4.78, 5) is 4.22. The molecule has 0 saturated heterocycles. The molecule has 0 fully saturated rings. The van der Waals surface area contributed by atoms with Gasteiger partial charge in [-0.2, -0.15) is 0 Å². The predicted molar refractivity (Wildman–Crippen MR) is 54.3 cm³/mol. The van der Waals surface area contributed by atoms with E-state index in [1.807, 2.05) is 13.0 Å². The molecule has 0 aliphatic rings. The van der Waals surface area contributed by atoms with Gasteiger partial charge in [0.2, 0.25) is 0 Å². The molecule has 0 atom stereocenters. The van der Waals surface area contributed by atoms with Gasteiger partial charge in [-0.25, -0.2) is 0 Å². The van der Waals surface area contributed by atoms with Gasteiger partial charge in [0.05, 0.1) is 5.69 Å². The first-order valence-corrected chi connectivity index (χ1v) is 5.40. The Bertz CT molecular complexity index is 290. The molecule has 0 saturated carbocycles. The first-order valence-electron chi connectivity index (χ1n) is 3.49. The summed E-state index contributed by atoms with van der Waals surface area (Å²) in [6.07, 6.45) is 5.39. The maximum absolute atomic E-state index is 5.18. The second-order valence-electron chi connectivity index (χ2n) is 2.35. The number of nitrogens with zero attached hydrogens (tertiary/aromatic N) is 1. The molecule has 1 aromatic heterocycles. The normalized spacial score (nSPS) is 9.50. The Kier molecular flexibility index (Phi) is 3.62. The highest BCUT2D eigenvalue weighted by atomic mass is 79.9. The van der Waals surface area contributed by atoms with Gasteiger partial charge in [0.15, 0.2) is 0 Å². The fraction of sp³-hybridized carbons (Fsp3) is 0.250. The molecule has 0 spiro atoms. The number of halogens is 1. The molecule has 1 rings (SSSR count). The maximum Gasteiger partial charge on any atom is 0.273 e. The van der Waals surface area contributed by atoms with Crippen molar-refractivity contribution in [3.63, 3.8) is 0 Å². The van der Waals surface area contributed by atoms with E-state index >= 15 is 0 Å².